The zero-order valence-electron chi connectivity index (χ0n) is 36.0. The molecular weight excluding hydrogens is 789 g/mol. The Bertz CT molecular complexity index is 1830. The number of nitrogens with one attached hydrogen (secondary N) is 4. The van der Waals surface area contributed by atoms with Crippen LogP contribution in [0.3, 0.4) is 0 Å². The van der Waals surface area contributed by atoms with E-state index in [1.165, 1.54) is 30.9 Å². The Morgan fingerprint density at radius 1 is 0.852 bits per heavy atom. The van der Waals surface area contributed by atoms with Gasteiger partial charge in [-0.15, -0.1) is 0 Å². The summed E-state index contributed by atoms with van der Waals surface area (Å²) in [6, 6.07) is 10.2. The van der Waals surface area contributed by atoms with Gasteiger partial charge in [0.2, 0.25) is 29.5 Å². The molecule has 2 fully saturated rings. The molecule has 2 aromatic carbocycles. The Morgan fingerprint density at radius 3 is 1.98 bits per heavy atom. The van der Waals surface area contributed by atoms with Gasteiger partial charge in [0.25, 0.3) is 5.91 Å². The third-order valence-corrected chi connectivity index (χ3v) is 11.4. The smallest absolute Gasteiger partial charge is 0.329 e. The second-order valence-corrected chi connectivity index (χ2v) is 16.3. The molecule has 0 aliphatic carbocycles. The SMILES string of the molecule is CC[C@@H](C)[C@H]1NC(=O)[C@@H](Cc2ccccc2)N(C)C(=O)[C@@H](Cc2ccccc2)N2C(=O)[C@@H](CC[C@@H]2OC)NC(=O)[C@@H](CC(C)C)NC(=O)[C@H](NC(=O)[C@H](O)CO)[C@@H](C)OC1=O. The van der Waals surface area contributed by atoms with Crippen LogP contribution in [-0.4, -0.2) is 137 Å². The number of cyclic esters (lactones) is 1. The van der Waals surface area contributed by atoms with Crippen LogP contribution < -0.4 is 21.3 Å². The van der Waals surface area contributed by atoms with Crippen LogP contribution in [-0.2, 0) is 55.9 Å². The van der Waals surface area contributed by atoms with Crippen molar-refractivity contribution in [2.75, 3.05) is 20.8 Å². The molecule has 17 nitrogen and oxygen atoms in total. The van der Waals surface area contributed by atoms with Crippen LogP contribution in [0.15, 0.2) is 60.7 Å². The Kier molecular flexibility index (Phi) is 17.8. The zero-order valence-corrected chi connectivity index (χ0v) is 36.0. The number of benzene rings is 2. The average molecular weight is 851 g/mol. The number of nitrogens with zero attached hydrogens (tertiary/aromatic N) is 2. The number of rotatable bonds is 12. The molecule has 0 unspecified atom stereocenters. The number of aliphatic hydroxyl groups excluding tert-OH is 2. The van der Waals surface area contributed by atoms with Crippen LogP contribution in [0.1, 0.15) is 71.4 Å². The number of ether oxygens (including phenoxy) is 2. The fraction of sp³-hybridized carbons (Fsp3) is 0.568. The maximum atomic E-state index is 15.1. The Balaban J connectivity index is 1.91. The normalized spacial score (nSPS) is 27.1. The number of likely N-dealkylation sites (N-methyl/N-ethyl adjacent to an activating group) is 1. The molecule has 4 rings (SSSR count). The molecule has 0 radical (unpaired) electrons. The average Bonchev–Trinajstić information content (AvgIpc) is 3.24. The highest BCUT2D eigenvalue weighted by Gasteiger charge is 2.46. The molecule has 6 amide bonds. The van der Waals surface area contributed by atoms with Crippen molar-refractivity contribution in [2.45, 2.75) is 128 Å². The van der Waals surface area contributed by atoms with Crippen LogP contribution in [0.2, 0.25) is 0 Å². The minimum Gasteiger partial charge on any atom is -0.458 e. The van der Waals surface area contributed by atoms with E-state index in [1.54, 1.807) is 50.2 Å². The predicted octanol–water partition coefficient (Wildman–Crippen LogP) is 0.592. The third kappa shape index (κ3) is 12.6. The van der Waals surface area contributed by atoms with Crippen molar-refractivity contribution in [3.63, 3.8) is 0 Å². The lowest BCUT2D eigenvalue weighted by Crippen LogP contribution is -2.65. The van der Waals surface area contributed by atoms with Gasteiger partial charge in [0, 0.05) is 27.0 Å². The summed E-state index contributed by atoms with van der Waals surface area (Å²) < 4.78 is 11.6. The molecule has 2 bridgehead atoms. The number of carbonyl (C=O) groups excluding carboxylic acids is 7. The van der Waals surface area contributed by atoms with E-state index >= 15 is 4.79 Å². The first-order valence-corrected chi connectivity index (χ1v) is 20.9. The minimum atomic E-state index is -1.93. The van der Waals surface area contributed by atoms with E-state index in [1.807, 2.05) is 38.1 Å². The molecule has 2 saturated heterocycles. The van der Waals surface area contributed by atoms with E-state index in [0.29, 0.717) is 17.5 Å². The number of aliphatic hydroxyl groups is 2. The molecule has 61 heavy (non-hydrogen) atoms. The molecule has 2 aromatic rings. The lowest BCUT2D eigenvalue weighted by atomic mass is 9.94. The molecule has 0 spiro atoms. The van der Waals surface area contributed by atoms with E-state index in [2.05, 4.69) is 21.3 Å². The molecule has 0 saturated carbocycles. The van der Waals surface area contributed by atoms with Gasteiger partial charge in [0.1, 0.15) is 48.6 Å². The van der Waals surface area contributed by atoms with Gasteiger partial charge in [-0.25, -0.2) is 4.79 Å². The molecule has 6 N–H and O–H groups in total. The highest BCUT2D eigenvalue weighted by molar-refractivity contribution is 5.98. The van der Waals surface area contributed by atoms with Gasteiger partial charge in [-0.1, -0.05) is 94.8 Å². The van der Waals surface area contributed by atoms with Gasteiger partial charge < -0.3 is 50.8 Å². The summed E-state index contributed by atoms with van der Waals surface area (Å²) in [6.45, 7) is 7.49. The van der Waals surface area contributed by atoms with Crippen LogP contribution >= 0.6 is 0 Å². The first kappa shape index (κ1) is 48.3. The van der Waals surface area contributed by atoms with Crippen LogP contribution in [0.5, 0.6) is 0 Å². The number of methoxy groups -OCH3 is 1. The van der Waals surface area contributed by atoms with E-state index in [-0.39, 0.29) is 38.0 Å². The standard InChI is InChI=1S/C44H62N6O11/c1-8-26(4)36-44(59)61-27(5)37(48-40(55)34(52)24-51)41(56)46-31(21-25(2)3)38(53)45-30-19-20-35(60-7)50(42(30)57)33(23-29-17-13-10-14-18-29)43(58)49(6)32(39(54)47-36)22-28-15-11-9-12-16-28/h9-18,25-27,30-37,51-52H,8,19-24H2,1-7H3,(H,45,53)(H,46,56)(H,47,54)(H,48,55)/t26-,27-,30-,31-,32-,33-,34-,35+,36-,37-/m1/s1. The second kappa shape index (κ2) is 22.5. The fourth-order valence-electron chi connectivity index (χ4n) is 7.60. The summed E-state index contributed by atoms with van der Waals surface area (Å²) in [5, 5.41) is 30.1. The molecule has 17 heteroatoms. The van der Waals surface area contributed by atoms with E-state index < -0.39 is 109 Å². The van der Waals surface area contributed by atoms with Gasteiger partial charge in [0.05, 0.1) is 6.61 Å². The monoisotopic (exact) mass is 850 g/mol. The maximum absolute atomic E-state index is 15.1. The van der Waals surface area contributed by atoms with E-state index in [9.17, 15) is 39.0 Å². The highest BCUT2D eigenvalue weighted by Crippen LogP contribution is 2.27. The van der Waals surface area contributed by atoms with Gasteiger partial charge >= 0.3 is 5.97 Å². The highest BCUT2D eigenvalue weighted by atomic mass is 16.5. The third-order valence-electron chi connectivity index (χ3n) is 11.4. The molecular formula is C44H62N6O11. The fourth-order valence-corrected chi connectivity index (χ4v) is 7.60. The predicted molar refractivity (Wildman–Crippen MR) is 223 cm³/mol. The van der Waals surface area contributed by atoms with Gasteiger partial charge in [0.15, 0.2) is 6.10 Å². The zero-order chi connectivity index (χ0) is 45.0. The number of fused-ring (bicyclic) bond motifs is 2. The number of carbonyl (C=O) groups is 7. The molecule has 2 aliphatic rings. The van der Waals surface area contributed by atoms with Crippen LogP contribution in [0.4, 0.5) is 0 Å². The Labute approximate surface area is 357 Å². The van der Waals surface area contributed by atoms with E-state index in [0.717, 1.165) is 0 Å². The minimum absolute atomic E-state index is 0.0185. The summed E-state index contributed by atoms with van der Waals surface area (Å²) in [4.78, 5) is 102. The largest absolute Gasteiger partial charge is 0.458 e. The first-order chi connectivity index (χ1) is 29.0. The number of amides is 6. The number of hydrogen-bond acceptors (Lipinski definition) is 11. The van der Waals surface area contributed by atoms with Crippen LogP contribution in [0.25, 0.3) is 0 Å². The lowest BCUT2D eigenvalue weighted by molar-refractivity contribution is -0.168. The lowest BCUT2D eigenvalue weighted by Gasteiger charge is -2.44. The van der Waals surface area contributed by atoms with Crippen molar-refractivity contribution in [3.05, 3.63) is 71.8 Å². The number of esters is 1. The Hall–Kier alpha value is -5.39. The summed E-state index contributed by atoms with van der Waals surface area (Å²) in [6.07, 6.45) is -3.40. The van der Waals surface area contributed by atoms with Gasteiger partial charge in [-0.3, -0.25) is 28.8 Å². The summed E-state index contributed by atoms with van der Waals surface area (Å²) in [5.74, 6) is -6.40. The molecule has 0 aromatic heterocycles. The number of piperidine rings is 1. The molecule has 10 atom stereocenters. The van der Waals surface area contributed by atoms with Gasteiger partial charge in [-0.05, 0) is 49.1 Å². The van der Waals surface area contributed by atoms with Gasteiger partial charge in [-0.2, -0.15) is 0 Å². The van der Waals surface area contributed by atoms with Crippen molar-refractivity contribution in [3.8, 4) is 0 Å². The topological polar surface area (TPSA) is 233 Å². The summed E-state index contributed by atoms with van der Waals surface area (Å²) >= 11 is 0. The second-order valence-electron chi connectivity index (χ2n) is 16.3. The molecule has 334 valence electrons. The summed E-state index contributed by atoms with van der Waals surface area (Å²) in [5.41, 5.74) is 1.42. The Morgan fingerprint density at radius 2 is 1.44 bits per heavy atom. The quantitative estimate of drug-likeness (QED) is 0.162. The van der Waals surface area contributed by atoms with E-state index in [4.69, 9.17) is 9.47 Å². The summed E-state index contributed by atoms with van der Waals surface area (Å²) in [7, 11) is 2.88. The van der Waals surface area contributed by atoms with Crippen molar-refractivity contribution in [1.29, 1.82) is 0 Å². The van der Waals surface area contributed by atoms with Crippen molar-refractivity contribution >= 4 is 41.4 Å². The molecule has 2 heterocycles. The number of hydrogen-bond donors (Lipinski definition) is 6. The first-order valence-electron chi connectivity index (χ1n) is 20.9. The van der Waals surface area contributed by atoms with Crippen molar-refractivity contribution in [1.82, 2.24) is 31.1 Å². The molecule has 2 aliphatic heterocycles. The van der Waals surface area contributed by atoms with Crippen molar-refractivity contribution in [2.24, 2.45) is 11.8 Å². The van der Waals surface area contributed by atoms with Crippen molar-refractivity contribution < 1.29 is 53.2 Å². The van der Waals surface area contributed by atoms with Crippen LogP contribution in [0, 0.1) is 11.8 Å². The maximum Gasteiger partial charge on any atom is 0.329 e.